The van der Waals surface area contributed by atoms with Gasteiger partial charge in [-0.05, 0) is 6.92 Å². The van der Waals surface area contributed by atoms with Crippen LogP contribution in [-0.2, 0) is 4.74 Å². The highest BCUT2D eigenvalue weighted by atomic mass is 32.1. The Bertz CT molecular complexity index is 684. The van der Waals surface area contributed by atoms with Gasteiger partial charge in [0.25, 0.3) is 0 Å². The third-order valence-electron chi connectivity index (χ3n) is 3.40. The van der Waals surface area contributed by atoms with Crippen LogP contribution in [0.4, 0.5) is 0 Å². The normalized spacial score (nSPS) is 31.8. The number of nitrogens with zero attached hydrogens (tertiary/aromatic N) is 3. The van der Waals surface area contributed by atoms with Gasteiger partial charge in [-0.25, -0.2) is 9.97 Å². The molecule has 0 spiro atoms. The van der Waals surface area contributed by atoms with E-state index < -0.39 is 30.6 Å². The Kier molecular flexibility index (Phi) is 3.30. The van der Waals surface area contributed by atoms with Crippen molar-refractivity contribution in [3.8, 4) is 0 Å². The molecule has 20 heavy (non-hydrogen) atoms. The molecule has 9 heteroatoms. The van der Waals surface area contributed by atoms with E-state index in [4.69, 9.17) is 17.0 Å². The maximum absolute atomic E-state index is 10.1. The lowest BCUT2D eigenvalue weighted by Crippen LogP contribution is -2.37. The average molecular weight is 298 g/mol. The molecule has 4 N–H and O–H groups in total. The van der Waals surface area contributed by atoms with E-state index in [-0.39, 0.29) is 0 Å². The fourth-order valence-electron chi connectivity index (χ4n) is 2.38. The van der Waals surface area contributed by atoms with Gasteiger partial charge in [0.05, 0.1) is 18.8 Å². The molecule has 1 saturated heterocycles. The van der Waals surface area contributed by atoms with Gasteiger partial charge in [-0.3, -0.25) is 4.57 Å². The first-order valence-corrected chi connectivity index (χ1v) is 6.51. The van der Waals surface area contributed by atoms with Crippen LogP contribution in [0.25, 0.3) is 11.2 Å². The van der Waals surface area contributed by atoms with Gasteiger partial charge in [0.1, 0.15) is 29.5 Å². The summed E-state index contributed by atoms with van der Waals surface area (Å²) in [5.74, 6) is 0. The Morgan fingerprint density at radius 2 is 2.15 bits per heavy atom. The molecule has 0 amide bonds. The molecule has 3 heterocycles. The number of aliphatic hydroxyl groups is 3. The Hall–Kier alpha value is -1.39. The maximum Gasteiger partial charge on any atom is 0.165 e. The molecule has 108 valence electrons. The first-order chi connectivity index (χ1) is 9.50. The van der Waals surface area contributed by atoms with Crippen LogP contribution in [0.1, 0.15) is 13.2 Å². The van der Waals surface area contributed by atoms with Crippen LogP contribution in [0.15, 0.2) is 12.7 Å². The summed E-state index contributed by atoms with van der Waals surface area (Å²) < 4.78 is 7.40. The molecule has 2 aromatic heterocycles. The molecule has 0 unspecified atom stereocenters. The number of rotatable bonds is 2. The highest BCUT2D eigenvalue weighted by molar-refractivity contribution is 7.71. The number of aromatic amines is 1. The van der Waals surface area contributed by atoms with Gasteiger partial charge in [-0.15, -0.1) is 0 Å². The average Bonchev–Trinajstić information content (AvgIpc) is 2.94. The van der Waals surface area contributed by atoms with Crippen LogP contribution in [0.5, 0.6) is 0 Å². The second-order valence-electron chi connectivity index (χ2n) is 4.77. The van der Waals surface area contributed by atoms with E-state index in [2.05, 4.69) is 15.0 Å². The van der Waals surface area contributed by atoms with Crippen molar-refractivity contribution in [2.24, 2.45) is 0 Å². The number of fused-ring (bicyclic) bond motifs is 1. The summed E-state index contributed by atoms with van der Waals surface area (Å²) in [7, 11) is 0. The molecule has 3 rings (SSSR count). The predicted molar refractivity (Wildman–Crippen MR) is 70.3 cm³/mol. The summed E-state index contributed by atoms with van der Waals surface area (Å²) in [6.07, 6.45) is -2.11. The standard InChI is InChI=1S/C11H14N4O4S/c1-4(16)8-6(17)7(18)11(19-8)15-3-14-5-9(15)12-2-13-10(5)20/h2-4,6-8,11,16-18H,1H3,(H,12,13,20)/t4-,6+,7-,8-,11+/m0/s1. The van der Waals surface area contributed by atoms with Crippen LogP contribution < -0.4 is 0 Å². The fourth-order valence-corrected chi connectivity index (χ4v) is 2.58. The van der Waals surface area contributed by atoms with Crippen LogP contribution in [0.3, 0.4) is 0 Å². The summed E-state index contributed by atoms with van der Waals surface area (Å²) in [6, 6.07) is 0. The second-order valence-corrected chi connectivity index (χ2v) is 5.16. The lowest BCUT2D eigenvalue weighted by Gasteiger charge is -2.17. The van der Waals surface area contributed by atoms with Gasteiger partial charge in [-0.1, -0.05) is 12.2 Å². The quantitative estimate of drug-likeness (QED) is 0.552. The van der Waals surface area contributed by atoms with Crippen molar-refractivity contribution in [3.05, 3.63) is 17.3 Å². The summed E-state index contributed by atoms with van der Waals surface area (Å²) in [5, 5.41) is 29.6. The van der Waals surface area contributed by atoms with Crippen LogP contribution >= 0.6 is 12.2 Å². The fraction of sp³-hybridized carbons (Fsp3) is 0.545. The molecule has 0 radical (unpaired) electrons. The SMILES string of the molecule is C[C@H](O)[C@@H]1O[C@@H](n2cnc3c(=S)nc[nH]c32)[C@@H](O)[C@H]1O. The minimum Gasteiger partial charge on any atom is -0.391 e. The van der Waals surface area contributed by atoms with Crippen LogP contribution in [0, 0.1) is 4.64 Å². The van der Waals surface area contributed by atoms with Crippen LogP contribution in [0.2, 0.25) is 0 Å². The molecular formula is C11H14N4O4S. The molecule has 1 aliphatic rings. The largest absolute Gasteiger partial charge is 0.391 e. The van der Waals surface area contributed by atoms with E-state index in [0.717, 1.165) is 0 Å². The van der Waals surface area contributed by atoms with Gasteiger partial charge in [0.15, 0.2) is 10.9 Å². The van der Waals surface area contributed by atoms with Crippen LogP contribution in [-0.4, -0.2) is 59.3 Å². The minimum atomic E-state index is -1.18. The predicted octanol–water partition coefficient (Wildman–Crippen LogP) is -0.511. The van der Waals surface area contributed by atoms with E-state index in [0.29, 0.717) is 15.8 Å². The number of hydrogen-bond donors (Lipinski definition) is 4. The molecule has 2 aromatic rings. The van der Waals surface area contributed by atoms with Crippen molar-refractivity contribution in [1.29, 1.82) is 0 Å². The molecule has 0 bridgehead atoms. The molecule has 0 saturated carbocycles. The summed E-state index contributed by atoms with van der Waals surface area (Å²) in [6.45, 7) is 1.49. The van der Waals surface area contributed by atoms with E-state index in [1.807, 2.05) is 0 Å². The Morgan fingerprint density at radius 3 is 2.80 bits per heavy atom. The van der Waals surface area contributed by atoms with Gasteiger partial charge < -0.3 is 25.0 Å². The lowest BCUT2D eigenvalue weighted by molar-refractivity contribution is -0.0777. The molecule has 8 nitrogen and oxygen atoms in total. The molecular weight excluding hydrogens is 284 g/mol. The zero-order chi connectivity index (χ0) is 14.4. The lowest BCUT2D eigenvalue weighted by atomic mass is 10.1. The van der Waals surface area contributed by atoms with Crippen molar-refractivity contribution < 1.29 is 20.1 Å². The Labute approximate surface area is 118 Å². The number of nitrogens with one attached hydrogen (secondary N) is 1. The second kappa shape index (κ2) is 4.86. The van der Waals surface area contributed by atoms with Crippen molar-refractivity contribution in [3.63, 3.8) is 0 Å². The molecule has 0 aromatic carbocycles. The molecule has 5 atom stereocenters. The molecule has 1 fully saturated rings. The first kappa shape index (κ1) is 13.6. The molecule has 0 aliphatic carbocycles. The minimum absolute atomic E-state index is 0.331. The number of hydrogen-bond acceptors (Lipinski definition) is 7. The topological polar surface area (TPSA) is 116 Å². The van der Waals surface area contributed by atoms with Crippen molar-refractivity contribution >= 4 is 23.4 Å². The summed E-state index contributed by atoms with van der Waals surface area (Å²) >= 11 is 5.06. The number of aromatic nitrogens is 4. The van der Waals surface area contributed by atoms with E-state index in [9.17, 15) is 15.3 Å². The summed E-state index contributed by atoms with van der Waals surface area (Å²) in [4.78, 5) is 10.9. The third kappa shape index (κ3) is 1.95. The van der Waals surface area contributed by atoms with E-state index in [1.165, 1.54) is 24.1 Å². The molecule has 1 aliphatic heterocycles. The number of ether oxygens (including phenoxy) is 1. The Balaban J connectivity index is 2.04. The van der Waals surface area contributed by atoms with Gasteiger partial charge in [0.2, 0.25) is 0 Å². The number of imidazole rings is 1. The first-order valence-electron chi connectivity index (χ1n) is 6.10. The van der Waals surface area contributed by atoms with Crippen molar-refractivity contribution in [1.82, 2.24) is 19.5 Å². The van der Waals surface area contributed by atoms with Gasteiger partial charge in [-0.2, -0.15) is 0 Å². The van der Waals surface area contributed by atoms with Gasteiger partial charge >= 0.3 is 0 Å². The third-order valence-corrected chi connectivity index (χ3v) is 3.70. The Morgan fingerprint density at radius 1 is 1.40 bits per heavy atom. The van der Waals surface area contributed by atoms with Gasteiger partial charge in [0, 0.05) is 0 Å². The number of H-pyrrole nitrogens is 1. The highest BCUT2D eigenvalue weighted by Crippen LogP contribution is 2.32. The zero-order valence-electron chi connectivity index (χ0n) is 10.5. The summed E-state index contributed by atoms with van der Waals surface area (Å²) in [5.41, 5.74) is 1.01. The van der Waals surface area contributed by atoms with E-state index >= 15 is 0 Å². The zero-order valence-corrected chi connectivity index (χ0v) is 11.4. The van der Waals surface area contributed by atoms with Crippen molar-refractivity contribution in [2.45, 2.75) is 37.6 Å². The smallest absolute Gasteiger partial charge is 0.165 e. The number of aliphatic hydroxyl groups excluding tert-OH is 3. The van der Waals surface area contributed by atoms with Crippen molar-refractivity contribution in [2.75, 3.05) is 0 Å². The highest BCUT2D eigenvalue weighted by Gasteiger charge is 2.46. The maximum atomic E-state index is 10.1. The monoisotopic (exact) mass is 298 g/mol. The van der Waals surface area contributed by atoms with E-state index in [1.54, 1.807) is 0 Å².